The van der Waals surface area contributed by atoms with E-state index in [-0.39, 0.29) is 0 Å². The van der Waals surface area contributed by atoms with Crippen LogP contribution < -0.4 is 0 Å². The van der Waals surface area contributed by atoms with Crippen molar-refractivity contribution in [3.8, 4) is 22.1 Å². The summed E-state index contributed by atoms with van der Waals surface area (Å²) in [4.78, 5) is 1.01. The molecular weight excluding hydrogens is 378 g/mol. The summed E-state index contributed by atoms with van der Waals surface area (Å²) in [6.07, 6.45) is 1.71. The Hall–Kier alpha value is -2.09. The molecule has 0 saturated heterocycles. The Kier molecular flexibility index (Phi) is 4.61. The van der Waals surface area contributed by atoms with E-state index in [4.69, 9.17) is 20.5 Å². The van der Waals surface area contributed by atoms with Crippen molar-refractivity contribution < 1.29 is 8.94 Å². The Morgan fingerprint density at radius 3 is 2.76 bits per heavy atom. The highest BCUT2D eigenvalue weighted by molar-refractivity contribution is 7.98. The van der Waals surface area contributed by atoms with Crippen molar-refractivity contribution in [1.82, 2.24) is 15.4 Å². The first kappa shape index (κ1) is 16.4. The van der Waals surface area contributed by atoms with Crippen molar-refractivity contribution in [1.29, 1.82) is 0 Å². The molecule has 5 nitrogen and oxygen atoms in total. The number of aromatic nitrogens is 3. The second-order valence-corrected chi connectivity index (χ2v) is 7.56. The summed E-state index contributed by atoms with van der Waals surface area (Å²) in [5, 5.41) is 15.4. The second kappa shape index (κ2) is 7.03. The Morgan fingerprint density at radius 1 is 1.16 bits per heavy atom. The first-order valence-corrected chi connectivity index (χ1v) is 9.65. The average molecular weight is 390 g/mol. The van der Waals surface area contributed by atoms with Crippen LogP contribution in [0.25, 0.3) is 22.1 Å². The van der Waals surface area contributed by atoms with Crippen molar-refractivity contribution in [2.45, 2.75) is 17.9 Å². The van der Waals surface area contributed by atoms with E-state index in [1.165, 1.54) is 11.8 Å². The Morgan fingerprint density at radius 2 is 2.00 bits per heavy atom. The third-order valence-corrected chi connectivity index (χ3v) is 5.69. The number of rotatable bonds is 5. The molecule has 4 rings (SSSR count). The molecule has 0 saturated carbocycles. The quantitative estimate of drug-likeness (QED) is 0.407. The van der Waals surface area contributed by atoms with Gasteiger partial charge in [0.1, 0.15) is 0 Å². The number of hydrogen-bond donors (Lipinski definition) is 0. The van der Waals surface area contributed by atoms with Gasteiger partial charge >= 0.3 is 0 Å². The largest absolute Gasteiger partial charge is 0.410 e. The van der Waals surface area contributed by atoms with Crippen LogP contribution in [0.4, 0.5) is 0 Å². The number of nitrogens with zero attached hydrogens (tertiary/aromatic N) is 3. The molecule has 8 heteroatoms. The van der Waals surface area contributed by atoms with Gasteiger partial charge in [0.15, 0.2) is 5.76 Å². The molecule has 0 aliphatic rings. The van der Waals surface area contributed by atoms with Crippen LogP contribution in [0.5, 0.6) is 0 Å². The van der Waals surface area contributed by atoms with Crippen molar-refractivity contribution in [3.63, 3.8) is 0 Å². The molecule has 0 aliphatic carbocycles. The molecule has 0 bridgehead atoms. The predicted molar refractivity (Wildman–Crippen MR) is 98.9 cm³/mol. The van der Waals surface area contributed by atoms with Crippen molar-refractivity contribution >= 4 is 34.7 Å². The SMILES string of the molecule is Cc1ccsc1-c1nnc(SCc2cnoc2-c2ccc(Cl)cc2)o1. The van der Waals surface area contributed by atoms with Gasteiger partial charge < -0.3 is 8.94 Å². The molecule has 0 N–H and O–H groups in total. The number of hydrogen-bond acceptors (Lipinski definition) is 7. The maximum atomic E-state index is 5.93. The monoisotopic (exact) mass is 389 g/mol. The van der Waals surface area contributed by atoms with Gasteiger partial charge in [-0.05, 0) is 48.2 Å². The lowest BCUT2D eigenvalue weighted by molar-refractivity contribution is 0.432. The van der Waals surface area contributed by atoms with Gasteiger partial charge in [-0.25, -0.2) is 0 Å². The maximum absolute atomic E-state index is 5.93. The zero-order chi connectivity index (χ0) is 17.2. The van der Waals surface area contributed by atoms with Crippen LogP contribution in [0.1, 0.15) is 11.1 Å². The Bertz CT molecular complexity index is 991. The van der Waals surface area contributed by atoms with E-state index in [2.05, 4.69) is 15.4 Å². The molecule has 25 heavy (non-hydrogen) atoms. The summed E-state index contributed by atoms with van der Waals surface area (Å²) in [7, 11) is 0. The van der Waals surface area contributed by atoms with Crippen LogP contribution in [0.15, 0.2) is 56.1 Å². The van der Waals surface area contributed by atoms with E-state index in [1.807, 2.05) is 42.6 Å². The fourth-order valence-corrected chi connectivity index (χ4v) is 3.99. The van der Waals surface area contributed by atoms with Gasteiger partial charge in [0.2, 0.25) is 0 Å². The van der Waals surface area contributed by atoms with E-state index < -0.39 is 0 Å². The fraction of sp³-hybridized carbons (Fsp3) is 0.118. The number of aryl methyl sites for hydroxylation is 1. The van der Waals surface area contributed by atoms with Gasteiger partial charge in [0.05, 0.1) is 11.1 Å². The molecule has 3 heterocycles. The summed E-state index contributed by atoms with van der Waals surface area (Å²) in [6, 6.07) is 9.49. The minimum absolute atomic E-state index is 0.519. The molecule has 4 aromatic rings. The minimum Gasteiger partial charge on any atom is -0.410 e. The molecule has 0 fully saturated rings. The van der Waals surface area contributed by atoms with E-state index in [0.29, 0.717) is 21.9 Å². The van der Waals surface area contributed by atoms with Crippen molar-refractivity contribution in [2.24, 2.45) is 0 Å². The summed E-state index contributed by atoms with van der Waals surface area (Å²) < 4.78 is 11.1. The highest BCUT2D eigenvalue weighted by atomic mass is 35.5. The van der Waals surface area contributed by atoms with E-state index in [0.717, 1.165) is 27.3 Å². The number of thiophene rings is 1. The molecule has 126 valence electrons. The standard InChI is InChI=1S/C17H12ClN3O2S2/c1-10-6-7-24-15(10)16-20-21-17(22-16)25-9-12-8-19-23-14(12)11-2-4-13(18)5-3-11/h2-8H,9H2,1H3. The normalized spacial score (nSPS) is 11.1. The van der Waals surface area contributed by atoms with Crippen LogP contribution in [0.2, 0.25) is 5.02 Å². The van der Waals surface area contributed by atoms with Crippen molar-refractivity contribution in [3.05, 3.63) is 58.1 Å². The van der Waals surface area contributed by atoms with E-state index >= 15 is 0 Å². The Labute approximate surface area is 157 Å². The number of halogens is 1. The fourth-order valence-electron chi connectivity index (χ4n) is 2.29. The lowest BCUT2D eigenvalue weighted by atomic mass is 10.1. The molecule has 0 amide bonds. The van der Waals surface area contributed by atoms with E-state index in [1.54, 1.807) is 17.5 Å². The molecule has 0 spiro atoms. The first-order chi connectivity index (χ1) is 12.2. The second-order valence-electron chi connectivity index (χ2n) is 5.28. The first-order valence-electron chi connectivity index (χ1n) is 7.41. The Balaban J connectivity index is 1.50. The highest BCUT2D eigenvalue weighted by Gasteiger charge is 2.15. The number of thioether (sulfide) groups is 1. The number of benzene rings is 1. The van der Waals surface area contributed by atoms with E-state index in [9.17, 15) is 0 Å². The molecule has 0 radical (unpaired) electrons. The lowest BCUT2D eigenvalue weighted by Crippen LogP contribution is -1.83. The molecule has 0 unspecified atom stereocenters. The minimum atomic E-state index is 0.519. The van der Waals surface area contributed by atoms with Gasteiger partial charge in [-0.3, -0.25) is 0 Å². The van der Waals surface area contributed by atoms with Gasteiger partial charge in [-0.1, -0.05) is 28.5 Å². The van der Waals surface area contributed by atoms with Gasteiger partial charge in [-0.15, -0.1) is 21.5 Å². The maximum Gasteiger partial charge on any atom is 0.277 e. The summed E-state index contributed by atoms with van der Waals surface area (Å²) in [5.74, 6) is 1.89. The van der Waals surface area contributed by atoms with Crippen LogP contribution in [-0.4, -0.2) is 15.4 Å². The third kappa shape index (κ3) is 3.49. The van der Waals surface area contributed by atoms with Crippen LogP contribution in [-0.2, 0) is 5.75 Å². The molecule has 0 atom stereocenters. The smallest absolute Gasteiger partial charge is 0.277 e. The zero-order valence-corrected chi connectivity index (χ0v) is 15.5. The average Bonchev–Trinajstić information content (AvgIpc) is 3.33. The van der Waals surface area contributed by atoms with Gasteiger partial charge in [0.25, 0.3) is 11.1 Å². The zero-order valence-electron chi connectivity index (χ0n) is 13.1. The van der Waals surface area contributed by atoms with Crippen LogP contribution >= 0.6 is 34.7 Å². The molecular formula is C17H12ClN3O2S2. The molecule has 1 aromatic carbocycles. The topological polar surface area (TPSA) is 65.0 Å². The van der Waals surface area contributed by atoms with Gasteiger partial charge in [-0.2, -0.15) is 0 Å². The predicted octanol–water partition coefficient (Wildman–Crippen LogP) is 5.71. The lowest BCUT2D eigenvalue weighted by Gasteiger charge is -2.00. The summed E-state index contributed by atoms with van der Waals surface area (Å²) in [6.45, 7) is 2.03. The van der Waals surface area contributed by atoms with Crippen LogP contribution in [0.3, 0.4) is 0 Å². The van der Waals surface area contributed by atoms with Crippen LogP contribution in [0, 0.1) is 6.92 Å². The van der Waals surface area contributed by atoms with Crippen molar-refractivity contribution in [2.75, 3.05) is 0 Å². The molecule has 3 aromatic heterocycles. The summed E-state index contributed by atoms with van der Waals surface area (Å²) >= 11 is 8.98. The third-order valence-electron chi connectivity index (χ3n) is 3.56. The molecule has 0 aliphatic heterocycles. The van der Waals surface area contributed by atoms with Gasteiger partial charge in [0, 0.05) is 21.9 Å². The summed E-state index contributed by atoms with van der Waals surface area (Å²) in [5.41, 5.74) is 3.02. The highest BCUT2D eigenvalue weighted by Crippen LogP contribution is 2.33.